The van der Waals surface area contributed by atoms with E-state index in [0.29, 0.717) is 31.5 Å². The van der Waals surface area contributed by atoms with Crippen LogP contribution in [0.25, 0.3) is 0 Å². The van der Waals surface area contributed by atoms with E-state index < -0.39 is 23.2 Å². The van der Waals surface area contributed by atoms with E-state index in [-0.39, 0.29) is 17.5 Å². The van der Waals surface area contributed by atoms with Crippen LogP contribution in [-0.4, -0.2) is 28.6 Å². The second kappa shape index (κ2) is 5.64. The third-order valence-corrected chi connectivity index (χ3v) is 5.52. The summed E-state index contributed by atoms with van der Waals surface area (Å²) in [5.41, 5.74) is -0.389. The fraction of sp³-hybridized carbons (Fsp3) is 0.421. The minimum atomic E-state index is -0.971. The van der Waals surface area contributed by atoms with Crippen molar-refractivity contribution < 1.29 is 18.0 Å². The molecule has 3 aliphatic carbocycles. The smallest absolute Gasteiger partial charge is 0.228 e. The Morgan fingerprint density at radius 3 is 2.68 bits per heavy atom. The van der Waals surface area contributed by atoms with E-state index in [1.54, 1.807) is 6.08 Å². The molecule has 5 rings (SSSR count). The van der Waals surface area contributed by atoms with E-state index >= 15 is 0 Å². The molecule has 0 unspecified atom stereocenters. The van der Waals surface area contributed by atoms with Crippen molar-refractivity contribution in [3.8, 4) is 0 Å². The Kier molecular flexibility index (Phi) is 3.67. The zero-order chi connectivity index (χ0) is 17.7. The summed E-state index contributed by atoms with van der Waals surface area (Å²) in [7, 11) is 0. The molecule has 0 spiro atoms. The number of carbonyl (C=O) groups is 1. The number of halogens is 3. The summed E-state index contributed by atoms with van der Waals surface area (Å²) in [6.45, 7) is 0.608. The van der Waals surface area contributed by atoms with E-state index in [9.17, 15) is 18.0 Å². The Morgan fingerprint density at radius 1 is 1.24 bits per heavy atom. The summed E-state index contributed by atoms with van der Waals surface area (Å²) in [5.74, 6) is -1.58. The lowest BCUT2D eigenvalue weighted by Crippen LogP contribution is -2.55. The lowest BCUT2D eigenvalue weighted by atomic mass is 9.73. The molecule has 3 nitrogen and oxygen atoms in total. The van der Waals surface area contributed by atoms with Gasteiger partial charge in [0.05, 0.1) is 6.42 Å². The number of fused-ring (bicyclic) bond motifs is 1. The number of benzene rings is 1. The van der Waals surface area contributed by atoms with E-state index in [0.717, 1.165) is 24.6 Å². The molecular weight excluding hydrogens is 329 g/mol. The van der Waals surface area contributed by atoms with Crippen LogP contribution in [0, 0.1) is 11.6 Å². The SMILES string of the molecule is O=C(Cc1cc(F)ccc1F)NC1=CCN(C23CCC(F)(C2)C3)C=C1. The fourth-order valence-electron chi connectivity index (χ4n) is 4.28. The summed E-state index contributed by atoms with van der Waals surface area (Å²) in [6.07, 6.45) is 7.96. The quantitative estimate of drug-likeness (QED) is 0.905. The standard InChI is InChI=1S/C19H19F3N2O/c20-14-1-2-16(21)13(9-14)10-17(25)23-15-3-7-24(8-4-15)19-6-5-18(22,11-19)12-19/h1-4,7,9H,5-6,8,10-12H2,(H,23,25). The first-order valence-electron chi connectivity index (χ1n) is 8.45. The number of hydrogen-bond acceptors (Lipinski definition) is 2. The van der Waals surface area contributed by atoms with Gasteiger partial charge in [0.2, 0.25) is 5.91 Å². The highest BCUT2D eigenvalue weighted by Gasteiger charge is 2.63. The van der Waals surface area contributed by atoms with Crippen LogP contribution in [0.5, 0.6) is 0 Å². The first-order valence-corrected chi connectivity index (χ1v) is 8.45. The van der Waals surface area contributed by atoms with Gasteiger partial charge in [0.1, 0.15) is 17.3 Å². The second-order valence-electron chi connectivity index (χ2n) is 7.32. The molecule has 0 atom stereocenters. The highest BCUT2D eigenvalue weighted by molar-refractivity contribution is 5.80. The number of nitrogens with zero attached hydrogens (tertiary/aromatic N) is 1. The molecule has 3 fully saturated rings. The maximum absolute atomic E-state index is 14.0. The molecule has 1 heterocycles. The van der Waals surface area contributed by atoms with Crippen LogP contribution in [0.4, 0.5) is 13.2 Å². The number of carbonyl (C=O) groups excluding carboxylic acids is 1. The average molecular weight is 348 g/mol. The van der Waals surface area contributed by atoms with Gasteiger partial charge in [0, 0.05) is 42.4 Å². The molecule has 0 aromatic heterocycles. The van der Waals surface area contributed by atoms with Gasteiger partial charge < -0.3 is 10.2 Å². The van der Waals surface area contributed by atoms with Gasteiger partial charge in [0.15, 0.2) is 0 Å². The molecule has 25 heavy (non-hydrogen) atoms. The van der Waals surface area contributed by atoms with Crippen molar-refractivity contribution in [1.82, 2.24) is 10.2 Å². The highest BCUT2D eigenvalue weighted by atomic mass is 19.1. The predicted octanol–water partition coefficient (Wildman–Crippen LogP) is 3.37. The van der Waals surface area contributed by atoms with Gasteiger partial charge in [-0.05, 0) is 43.2 Å². The fourth-order valence-corrected chi connectivity index (χ4v) is 4.28. The number of rotatable bonds is 4. The zero-order valence-corrected chi connectivity index (χ0v) is 13.7. The molecule has 2 bridgehead atoms. The molecule has 132 valence electrons. The van der Waals surface area contributed by atoms with Crippen LogP contribution in [0.2, 0.25) is 0 Å². The largest absolute Gasteiger partial charge is 0.368 e. The number of hydrogen-bond donors (Lipinski definition) is 1. The molecule has 1 N–H and O–H groups in total. The van der Waals surface area contributed by atoms with Crippen LogP contribution in [-0.2, 0) is 11.2 Å². The van der Waals surface area contributed by atoms with E-state index in [1.165, 1.54) is 0 Å². The van der Waals surface area contributed by atoms with Crippen molar-refractivity contribution in [3.63, 3.8) is 0 Å². The van der Waals surface area contributed by atoms with Crippen molar-refractivity contribution in [2.24, 2.45) is 0 Å². The lowest BCUT2D eigenvalue weighted by molar-refractivity contribution is -0.119. The van der Waals surface area contributed by atoms with Crippen LogP contribution in [0.15, 0.2) is 42.2 Å². The molecule has 3 saturated carbocycles. The number of alkyl halides is 1. The lowest BCUT2D eigenvalue weighted by Gasteiger charge is -2.50. The maximum Gasteiger partial charge on any atom is 0.228 e. The maximum atomic E-state index is 14.0. The van der Waals surface area contributed by atoms with Crippen molar-refractivity contribution in [1.29, 1.82) is 0 Å². The monoisotopic (exact) mass is 348 g/mol. The Labute approximate surface area is 144 Å². The van der Waals surface area contributed by atoms with Crippen molar-refractivity contribution in [2.45, 2.75) is 43.3 Å². The molecule has 1 aromatic carbocycles. The van der Waals surface area contributed by atoms with Gasteiger partial charge in [-0.3, -0.25) is 4.79 Å². The van der Waals surface area contributed by atoms with Crippen molar-refractivity contribution >= 4 is 5.91 Å². The Bertz CT molecular complexity index is 781. The van der Waals surface area contributed by atoms with Crippen LogP contribution in [0.1, 0.15) is 31.2 Å². The van der Waals surface area contributed by atoms with E-state index in [4.69, 9.17) is 0 Å². The predicted molar refractivity (Wildman–Crippen MR) is 87.2 cm³/mol. The molecule has 1 aromatic rings. The van der Waals surface area contributed by atoms with Crippen LogP contribution >= 0.6 is 0 Å². The summed E-state index contributed by atoms with van der Waals surface area (Å²) in [6, 6.07) is 3.06. The van der Waals surface area contributed by atoms with Gasteiger partial charge in [-0.1, -0.05) is 0 Å². The minimum Gasteiger partial charge on any atom is -0.368 e. The Hall–Kier alpha value is -2.24. The van der Waals surface area contributed by atoms with Gasteiger partial charge in [-0.2, -0.15) is 0 Å². The van der Waals surface area contributed by atoms with Crippen LogP contribution < -0.4 is 5.32 Å². The third kappa shape index (κ3) is 2.94. The minimum absolute atomic E-state index is 0.0260. The summed E-state index contributed by atoms with van der Waals surface area (Å²) < 4.78 is 40.8. The summed E-state index contributed by atoms with van der Waals surface area (Å²) >= 11 is 0. The Balaban J connectivity index is 1.34. The highest BCUT2D eigenvalue weighted by Crippen LogP contribution is 2.60. The van der Waals surface area contributed by atoms with Gasteiger partial charge in [0.25, 0.3) is 0 Å². The normalized spacial score (nSPS) is 30.0. The second-order valence-corrected chi connectivity index (χ2v) is 7.32. The third-order valence-electron chi connectivity index (χ3n) is 5.52. The molecular formula is C19H19F3N2O. The Morgan fingerprint density at radius 2 is 2.04 bits per heavy atom. The number of amides is 1. The van der Waals surface area contributed by atoms with Gasteiger partial charge in [-0.15, -0.1) is 0 Å². The molecule has 1 amide bonds. The topological polar surface area (TPSA) is 32.3 Å². The van der Waals surface area contributed by atoms with Crippen LogP contribution in [0.3, 0.4) is 0 Å². The molecule has 4 aliphatic rings. The number of allylic oxidation sites excluding steroid dienone is 1. The van der Waals surface area contributed by atoms with Crippen molar-refractivity contribution in [2.75, 3.05) is 6.54 Å². The first kappa shape index (κ1) is 16.2. The van der Waals surface area contributed by atoms with Gasteiger partial charge >= 0.3 is 0 Å². The summed E-state index contributed by atoms with van der Waals surface area (Å²) in [4.78, 5) is 14.2. The molecule has 0 radical (unpaired) electrons. The summed E-state index contributed by atoms with van der Waals surface area (Å²) in [5, 5.41) is 2.70. The molecule has 6 heteroatoms. The molecule has 0 saturated heterocycles. The van der Waals surface area contributed by atoms with E-state index in [2.05, 4.69) is 10.2 Å². The first-order chi connectivity index (χ1) is 11.9. The zero-order valence-electron chi connectivity index (χ0n) is 13.7. The average Bonchev–Trinajstić information content (AvgIpc) is 3.06. The van der Waals surface area contributed by atoms with Crippen molar-refractivity contribution in [3.05, 3.63) is 59.4 Å². The van der Waals surface area contributed by atoms with E-state index in [1.807, 2.05) is 12.3 Å². The van der Waals surface area contributed by atoms with Gasteiger partial charge in [-0.25, -0.2) is 13.2 Å². The number of nitrogens with one attached hydrogen (secondary N) is 1. The molecule has 1 aliphatic heterocycles.